The molecule has 0 unspecified atom stereocenters. The Labute approximate surface area is 160 Å². The van der Waals surface area contributed by atoms with E-state index in [2.05, 4.69) is 27.9 Å². The molecule has 0 heterocycles. The molecule has 0 saturated carbocycles. The van der Waals surface area contributed by atoms with Gasteiger partial charge in [-0.2, -0.15) is 0 Å². The maximum atomic E-state index is 12.6. The lowest BCUT2D eigenvalue weighted by molar-refractivity contribution is 0.102. The molecule has 7 heteroatoms. The summed E-state index contributed by atoms with van der Waals surface area (Å²) in [6.07, 6.45) is 0. The number of ether oxygens (including phenoxy) is 4. The summed E-state index contributed by atoms with van der Waals surface area (Å²) in [5, 5.41) is 2.84. The average Bonchev–Trinajstić information content (AvgIpc) is 2.63. The number of carbonyl (C=O) groups is 1. The van der Waals surface area contributed by atoms with Gasteiger partial charge in [-0.25, -0.2) is 0 Å². The van der Waals surface area contributed by atoms with E-state index in [1.54, 1.807) is 44.6 Å². The Morgan fingerprint density at radius 1 is 1.04 bits per heavy atom. The Morgan fingerprint density at radius 2 is 1.76 bits per heavy atom. The lowest BCUT2D eigenvalue weighted by Crippen LogP contribution is -2.13. The quantitative estimate of drug-likeness (QED) is 0.638. The fraction of sp³-hybridized carbons (Fsp3) is 0.278. The molecular formula is C18H20INO5. The Balaban J connectivity index is 2.31. The lowest BCUT2D eigenvalue weighted by atomic mass is 10.1. The SMILES string of the molecule is CCOc1c(I)cc(C(=O)Nc2ccc(OC)cc2OC)cc1OC. The van der Waals surface area contributed by atoms with Gasteiger partial charge < -0.3 is 24.3 Å². The predicted octanol–water partition coefficient (Wildman–Crippen LogP) is 3.97. The van der Waals surface area contributed by atoms with Crippen molar-refractivity contribution in [3.63, 3.8) is 0 Å². The number of hydrogen-bond acceptors (Lipinski definition) is 5. The minimum atomic E-state index is -0.275. The van der Waals surface area contributed by atoms with Crippen LogP contribution in [0.1, 0.15) is 17.3 Å². The van der Waals surface area contributed by atoms with Gasteiger partial charge in [0.2, 0.25) is 0 Å². The highest BCUT2D eigenvalue weighted by Crippen LogP contribution is 2.35. The van der Waals surface area contributed by atoms with Crippen LogP contribution in [-0.4, -0.2) is 33.8 Å². The van der Waals surface area contributed by atoms with Gasteiger partial charge in [0.1, 0.15) is 11.5 Å². The van der Waals surface area contributed by atoms with E-state index in [-0.39, 0.29) is 5.91 Å². The smallest absolute Gasteiger partial charge is 0.255 e. The molecule has 2 rings (SSSR count). The van der Waals surface area contributed by atoms with Crippen molar-refractivity contribution < 1.29 is 23.7 Å². The summed E-state index contributed by atoms with van der Waals surface area (Å²) < 4.78 is 22.2. The Hall–Kier alpha value is -2.16. The number of hydrogen-bond donors (Lipinski definition) is 1. The van der Waals surface area contributed by atoms with Crippen LogP contribution in [0.2, 0.25) is 0 Å². The molecule has 2 aromatic rings. The molecule has 0 bridgehead atoms. The first kappa shape index (κ1) is 19.2. The van der Waals surface area contributed by atoms with Crippen molar-refractivity contribution >= 4 is 34.2 Å². The first-order valence-electron chi connectivity index (χ1n) is 7.57. The number of benzene rings is 2. The highest BCUT2D eigenvalue weighted by molar-refractivity contribution is 14.1. The second kappa shape index (κ2) is 8.80. The van der Waals surface area contributed by atoms with Gasteiger partial charge in [-0.05, 0) is 53.8 Å². The molecule has 1 N–H and O–H groups in total. The largest absolute Gasteiger partial charge is 0.497 e. The molecule has 0 spiro atoms. The van der Waals surface area contributed by atoms with Crippen LogP contribution in [0.5, 0.6) is 23.0 Å². The van der Waals surface area contributed by atoms with Gasteiger partial charge in [0.05, 0.1) is 37.2 Å². The van der Waals surface area contributed by atoms with Gasteiger partial charge in [0.25, 0.3) is 5.91 Å². The number of nitrogens with one attached hydrogen (secondary N) is 1. The average molecular weight is 457 g/mol. The number of carbonyl (C=O) groups excluding carboxylic acids is 1. The van der Waals surface area contributed by atoms with Gasteiger partial charge in [0, 0.05) is 11.6 Å². The van der Waals surface area contributed by atoms with Crippen molar-refractivity contribution in [1.82, 2.24) is 0 Å². The maximum Gasteiger partial charge on any atom is 0.255 e. The number of halogens is 1. The molecule has 0 aromatic heterocycles. The summed E-state index contributed by atoms with van der Waals surface area (Å²) in [4.78, 5) is 12.6. The van der Waals surface area contributed by atoms with Crippen molar-refractivity contribution in [1.29, 1.82) is 0 Å². The topological polar surface area (TPSA) is 66.0 Å². The van der Waals surface area contributed by atoms with Crippen LogP contribution < -0.4 is 24.3 Å². The van der Waals surface area contributed by atoms with Crippen LogP contribution in [0.4, 0.5) is 5.69 Å². The van der Waals surface area contributed by atoms with Crippen molar-refractivity contribution in [2.45, 2.75) is 6.92 Å². The van der Waals surface area contributed by atoms with Gasteiger partial charge in [-0.3, -0.25) is 4.79 Å². The van der Waals surface area contributed by atoms with E-state index in [0.717, 1.165) is 3.57 Å². The third-order valence-corrected chi connectivity index (χ3v) is 4.24. The van der Waals surface area contributed by atoms with E-state index in [9.17, 15) is 4.79 Å². The van der Waals surface area contributed by atoms with Crippen molar-refractivity contribution in [2.75, 3.05) is 33.3 Å². The van der Waals surface area contributed by atoms with Crippen LogP contribution in [0.25, 0.3) is 0 Å². The predicted molar refractivity (Wildman–Crippen MR) is 104 cm³/mol. The maximum absolute atomic E-state index is 12.6. The molecular weight excluding hydrogens is 437 g/mol. The molecule has 0 aliphatic rings. The molecule has 6 nitrogen and oxygen atoms in total. The summed E-state index contributed by atoms with van der Waals surface area (Å²) in [5.74, 6) is 2.03. The summed E-state index contributed by atoms with van der Waals surface area (Å²) in [6, 6.07) is 8.59. The van der Waals surface area contributed by atoms with E-state index in [0.29, 0.717) is 40.9 Å². The third-order valence-electron chi connectivity index (χ3n) is 3.44. The fourth-order valence-electron chi connectivity index (χ4n) is 2.23. The lowest BCUT2D eigenvalue weighted by Gasteiger charge is -2.14. The molecule has 25 heavy (non-hydrogen) atoms. The molecule has 0 radical (unpaired) electrons. The van der Waals surface area contributed by atoms with Gasteiger partial charge in [-0.15, -0.1) is 0 Å². The monoisotopic (exact) mass is 457 g/mol. The number of amides is 1. The van der Waals surface area contributed by atoms with Crippen LogP contribution in [0, 0.1) is 3.57 Å². The van der Waals surface area contributed by atoms with Crippen molar-refractivity contribution in [2.24, 2.45) is 0 Å². The van der Waals surface area contributed by atoms with Crippen LogP contribution in [0.3, 0.4) is 0 Å². The van der Waals surface area contributed by atoms with Crippen LogP contribution >= 0.6 is 22.6 Å². The zero-order valence-corrected chi connectivity index (χ0v) is 16.7. The van der Waals surface area contributed by atoms with Gasteiger partial charge in [-0.1, -0.05) is 0 Å². The zero-order valence-electron chi connectivity index (χ0n) is 14.5. The van der Waals surface area contributed by atoms with Crippen molar-refractivity contribution in [3.8, 4) is 23.0 Å². The molecule has 0 saturated heterocycles. The summed E-state index contributed by atoms with van der Waals surface area (Å²) in [6.45, 7) is 2.41. The summed E-state index contributed by atoms with van der Waals surface area (Å²) in [7, 11) is 4.65. The van der Waals surface area contributed by atoms with Gasteiger partial charge in [0.15, 0.2) is 11.5 Å². The second-order valence-electron chi connectivity index (χ2n) is 4.94. The summed E-state index contributed by atoms with van der Waals surface area (Å²) >= 11 is 2.12. The van der Waals surface area contributed by atoms with E-state index in [1.165, 1.54) is 7.11 Å². The highest BCUT2D eigenvalue weighted by atomic mass is 127. The zero-order chi connectivity index (χ0) is 18.4. The third kappa shape index (κ3) is 4.47. The molecule has 1 amide bonds. The molecule has 0 fully saturated rings. The molecule has 134 valence electrons. The Bertz CT molecular complexity index is 763. The standard InChI is InChI=1S/C18H20INO5/c1-5-25-17-13(19)8-11(9-16(17)24-4)18(21)20-14-7-6-12(22-2)10-15(14)23-3/h6-10H,5H2,1-4H3,(H,20,21). The van der Waals surface area contributed by atoms with E-state index in [4.69, 9.17) is 18.9 Å². The van der Waals surface area contributed by atoms with Crippen LogP contribution in [-0.2, 0) is 0 Å². The molecule has 0 aliphatic heterocycles. The molecule has 2 aromatic carbocycles. The minimum Gasteiger partial charge on any atom is -0.497 e. The number of anilines is 1. The number of rotatable bonds is 7. The number of methoxy groups -OCH3 is 3. The van der Waals surface area contributed by atoms with E-state index in [1.807, 2.05) is 6.92 Å². The molecule has 0 atom stereocenters. The molecule has 0 aliphatic carbocycles. The van der Waals surface area contributed by atoms with Crippen LogP contribution in [0.15, 0.2) is 30.3 Å². The van der Waals surface area contributed by atoms with Gasteiger partial charge >= 0.3 is 0 Å². The summed E-state index contributed by atoms with van der Waals surface area (Å²) in [5.41, 5.74) is 1.01. The first-order valence-corrected chi connectivity index (χ1v) is 8.65. The first-order chi connectivity index (χ1) is 12.0. The van der Waals surface area contributed by atoms with Crippen molar-refractivity contribution in [3.05, 3.63) is 39.5 Å². The Kier molecular flexibility index (Phi) is 6.74. The fourth-order valence-corrected chi connectivity index (χ4v) is 2.99. The minimum absolute atomic E-state index is 0.275. The van der Waals surface area contributed by atoms with E-state index >= 15 is 0 Å². The normalized spacial score (nSPS) is 10.1. The highest BCUT2D eigenvalue weighted by Gasteiger charge is 2.17. The Morgan fingerprint density at radius 3 is 2.36 bits per heavy atom. The second-order valence-corrected chi connectivity index (χ2v) is 6.10. The van der Waals surface area contributed by atoms with E-state index < -0.39 is 0 Å².